The van der Waals surface area contributed by atoms with Gasteiger partial charge in [-0.2, -0.15) is 13.2 Å². The van der Waals surface area contributed by atoms with E-state index in [-0.39, 0.29) is 42.5 Å². The highest BCUT2D eigenvalue weighted by atomic mass is 32.2. The van der Waals surface area contributed by atoms with E-state index in [1.165, 1.54) is 20.2 Å². The van der Waals surface area contributed by atoms with Crippen LogP contribution in [0.15, 0.2) is 42.6 Å². The number of rotatable bonds is 8. The fraction of sp³-hybridized carbons (Fsp3) is 0.615. The first-order valence-corrected chi connectivity index (χ1v) is 20.8. The van der Waals surface area contributed by atoms with Crippen LogP contribution in [-0.4, -0.2) is 106 Å². The molecule has 3 N–H and O–H groups in total. The average molecular weight is 822 g/mol. The van der Waals surface area contributed by atoms with Crippen LogP contribution in [0.25, 0.3) is 10.8 Å². The molecule has 4 aliphatic rings. The Morgan fingerprint density at radius 3 is 2.39 bits per heavy atom. The lowest BCUT2D eigenvalue weighted by molar-refractivity contribution is -0.222. The number of methoxy groups -OCH3 is 1. The Kier molecular flexibility index (Phi) is 11.5. The van der Waals surface area contributed by atoms with Crippen LogP contribution in [0.3, 0.4) is 0 Å². The molecule has 0 spiro atoms. The molecular weight excluding hydrogens is 772 g/mol. The van der Waals surface area contributed by atoms with Gasteiger partial charge in [-0.25, -0.2) is 18.2 Å². The maximum Gasteiger partial charge on any atom is 0.411 e. The second kappa shape index (κ2) is 15.6. The highest BCUT2D eigenvalue weighted by Crippen LogP contribution is 2.47. The number of hydrogen-bond donors (Lipinski definition) is 3. The number of alkyl halides is 3. The van der Waals surface area contributed by atoms with Crippen molar-refractivity contribution in [3.63, 3.8) is 0 Å². The van der Waals surface area contributed by atoms with E-state index in [0.717, 1.165) is 4.90 Å². The van der Waals surface area contributed by atoms with E-state index in [1.54, 1.807) is 30.3 Å². The number of hydrogen-bond acceptors (Lipinski definition) is 9. The lowest BCUT2D eigenvalue weighted by Gasteiger charge is -2.45. The number of amides is 4. The summed E-state index contributed by atoms with van der Waals surface area (Å²) >= 11 is 0. The van der Waals surface area contributed by atoms with Crippen LogP contribution in [0.4, 0.5) is 18.0 Å². The van der Waals surface area contributed by atoms with E-state index < -0.39 is 86.4 Å². The minimum absolute atomic E-state index is 0.0609. The van der Waals surface area contributed by atoms with Crippen molar-refractivity contribution in [2.24, 2.45) is 17.8 Å². The molecule has 0 unspecified atom stereocenters. The molecule has 3 fully saturated rings. The highest BCUT2D eigenvalue weighted by molar-refractivity contribution is 7.90. The lowest BCUT2D eigenvalue weighted by Crippen LogP contribution is -2.66. The molecule has 7 atom stereocenters. The van der Waals surface area contributed by atoms with Crippen LogP contribution >= 0.6 is 0 Å². The second-order valence-electron chi connectivity index (χ2n) is 16.4. The summed E-state index contributed by atoms with van der Waals surface area (Å²) in [5, 5.41) is 13.6. The van der Waals surface area contributed by atoms with Crippen molar-refractivity contribution in [2.75, 3.05) is 13.7 Å². The number of carbonyl (C=O) groups is 4. The fourth-order valence-electron chi connectivity index (χ4n) is 8.34. The molecule has 14 nitrogen and oxygen atoms in total. The van der Waals surface area contributed by atoms with E-state index in [4.69, 9.17) is 9.47 Å². The largest absolute Gasteiger partial charge is 0.494 e. The van der Waals surface area contributed by atoms with Crippen molar-refractivity contribution in [1.82, 2.24) is 24.8 Å². The third-order valence-corrected chi connectivity index (χ3v) is 13.9. The molecule has 0 bridgehead atoms. The number of benzene rings is 1. The monoisotopic (exact) mass is 821 g/mol. The Bertz CT molecular complexity index is 2040. The van der Waals surface area contributed by atoms with Crippen LogP contribution in [0, 0.1) is 17.8 Å². The molecule has 0 radical (unpaired) electrons. The number of aromatic nitrogens is 1. The standard InChI is InChI=1S/C39H50F3N5O9S/c1-22-11-6-7-12-24-19-38(24,35(50)45-57(53,54)26-13-10-14-26)44-32(48)29-18-25(56-33-28-16-9-8-15-27(28)30(55-5)20-43-33)21-46(29)34(49)31(23(2)17-22)47(36(51)52)37(3,4)39(40,41)42/h7-9,12,15-16,20,22-26,29,31H,6,10-11,13-14,17-19,21H2,1-5H3,(H,44,48)(H,45,50)(H,51,52)/b12-7-/t22-,23+,24+,25+,29-,31-,38+/m0/s1. The lowest BCUT2D eigenvalue weighted by atomic mass is 9.85. The van der Waals surface area contributed by atoms with Crippen molar-refractivity contribution in [1.29, 1.82) is 0 Å². The van der Waals surface area contributed by atoms with Crippen LogP contribution in [0.2, 0.25) is 0 Å². The van der Waals surface area contributed by atoms with Gasteiger partial charge < -0.3 is 24.8 Å². The molecule has 1 aromatic heterocycles. The quantitative estimate of drug-likeness (QED) is 0.301. The number of halogens is 3. The van der Waals surface area contributed by atoms with Gasteiger partial charge in [-0.05, 0) is 70.3 Å². The molecule has 57 heavy (non-hydrogen) atoms. The molecule has 1 aromatic carbocycles. The Morgan fingerprint density at radius 1 is 1.09 bits per heavy atom. The number of allylic oxidation sites excluding steroid dienone is 1. The van der Waals surface area contributed by atoms with Gasteiger partial charge >= 0.3 is 12.3 Å². The molecule has 18 heteroatoms. The second-order valence-corrected chi connectivity index (χ2v) is 18.4. The molecule has 2 saturated carbocycles. The number of sulfonamides is 1. The molecule has 6 rings (SSSR count). The third-order valence-electron chi connectivity index (χ3n) is 12.1. The summed E-state index contributed by atoms with van der Waals surface area (Å²) in [5.41, 5.74) is -4.73. The topological polar surface area (TPSA) is 185 Å². The number of carbonyl (C=O) groups excluding carboxylic acids is 3. The summed E-state index contributed by atoms with van der Waals surface area (Å²) in [5.74, 6) is -3.99. The fourth-order valence-corrected chi connectivity index (χ4v) is 9.90. The smallest absolute Gasteiger partial charge is 0.411 e. The van der Waals surface area contributed by atoms with E-state index in [1.807, 2.05) is 13.0 Å². The maximum absolute atomic E-state index is 15.0. The molecule has 3 heterocycles. The van der Waals surface area contributed by atoms with Crippen molar-refractivity contribution in [3.8, 4) is 11.6 Å². The first-order valence-electron chi connectivity index (χ1n) is 19.2. The first-order chi connectivity index (χ1) is 26.7. The van der Waals surface area contributed by atoms with Gasteiger partial charge in [0, 0.05) is 23.1 Å². The number of carboxylic acid groups (broad SMARTS) is 1. The molecule has 4 amide bonds. The maximum atomic E-state index is 15.0. The zero-order valence-electron chi connectivity index (χ0n) is 32.5. The zero-order chi connectivity index (χ0) is 41.7. The Labute approximate surface area is 329 Å². The third kappa shape index (κ3) is 8.10. The Hall–Kier alpha value is -4.61. The Balaban J connectivity index is 1.42. The highest BCUT2D eigenvalue weighted by Gasteiger charge is 2.63. The SMILES string of the molecule is COc1cnc(O[C@@H]2C[C@H]3C(=O)N[C@]4(C(=O)NS(=O)(=O)C5CCC5)C[C@H]4/C=C\CC[C@H](C)C[C@@H](C)[C@H](N(C(=O)O)C(C)(C)C(F)(F)F)C(=O)N3C2)c2ccccc12. The molecule has 2 aliphatic carbocycles. The van der Waals surface area contributed by atoms with Gasteiger partial charge in [0.05, 0.1) is 25.1 Å². The minimum Gasteiger partial charge on any atom is -0.494 e. The summed E-state index contributed by atoms with van der Waals surface area (Å²) in [6.45, 7) is 4.41. The number of fused-ring (bicyclic) bond motifs is 3. The van der Waals surface area contributed by atoms with E-state index >= 15 is 0 Å². The summed E-state index contributed by atoms with van der Waals surface area (Å²) < 4.78 is 84.1. The normalized spacial score (nSPS) is 29.4. The molecule has 1 saturated heterocycles. The van der Waals surface area contributed by atoms with Crippen molar-refractivity contribution in [3.05, 3.63) is 42.6 Å². The summed E-state index contributed by atoms with van der Waals surface area (Å²) in [4.78, 5) is 61.8. The van der Waals surface area contributed by atoms with Gasteiger partial charge in [-0.3, -0.25) is 24.0 Å². The molecule has 2 aliphatic heterocycles. The minimum atomic E-state index is -5.09. The summed E-state index contributed by atoms with van der Waals surface area (Å²) in [7, 11) is -2.58. The number of nitrogens with one attached hydrogen (secondary N) is 2. The van der Waals surface area contributed by atoms with Crippen LogP contribution in [-0.2, 0) is 24.4 Å². The van der Waals surface area contributed by atoms with Gasteiger partial charge in [0.25, 0.3) is 5.91 Å². The molecule has 312 valence electrons. The predicted molar refractivity (Wildman–Crippen MR) is 202 cm³/mol. The molecule has 2 aromatic rings. The van der Waals surface area contributed by atoms with E-state index in [0.29, 0.717) is 62.5 Å². The van der Waals surface area contributed by atoms with Gasteiger partial charge in [0.15, 0.2) is 0 Å². The van der Waals surface area contributed by atoms with Gasteiger partial charge in [0.2, 0.25) is 27.7 Å². The van der Waals surface area contributed by atoms with E-state index in [2.05, 4.69) is 15.0 Å². The van der Waals surface area contributed by atoms with Gasteiger partial charge in [-0.1, -0.05) is 50.6 Å². The van der Waals surface area contributed by atoms with Crippen LogP contribution in [0.5, 0.6) is 11.6 Å². The summed E-state index contributed by atoms with van der Waals surface area (Å²) in [6, 6.07) is 3.69. The number of nitrogens with zero attached hydrogens (tertiary/aromatic N) is 3. The van der Waals surface area contributed by atoms with Crippen LogP contribution < -0.4 is 19.5 Å². The average Bonchev–Trinajstić information content (AvgIpc) is 3.63. The van der Waals surface area contributed by atoms with Gasteiger partial charge in [-0.15, -0.1) is 0 Å². The van der Waals surface area contributed by atoms with Crippen molar-refractivity contribution in [2.45, 2.75) is 120 Å². The predicted octanol–water partition coefficient (Wildman–Crippen LogP) is 5.17. The number of pyridine rings is 1. The number of ether oxygens (including phenoxy) is 2. The first kappa shape index (κ1) is 42.0. The zero-order valence-corrected chi connectivity index (χ0v) is 33.4. The summed E-state index contributed by atoms with van der Waals surface area (Å²) in [6.07, 6.45) is -0.578. The Morgan fingerprint density at radius 2 is 1.77 bits per heavy atom. The van der Waals surface area contributed by atoms with Crippen molar-refractivity contribution >= 4 is 44.6 Å². The van der Waals surface area contributed by atoms with Gasteiger partial charge in [0.1, 0.15) is 35.0 Å². The van der Waals surface area contributed by atoms with Crippen LogP contribution in [0.1, 0.15) is 79.1 Å². The molecular formula is C39H50F3N5O9S. The van der Waals surface area contributed by atoms with Crippen molar-refractivity contribution < 1.29 is 55.3 Å². The van der Waals surface area contributed by atoms with E-state index in [9.17, 15) is 45.9 Å².